The van der Waals surface area contributed by atoms with Crippen LogP contribution in [0.3, 0.4) is 0 Å². The molecule has 0 saturated carbocycles. The number of rotatable bonds is 7. The predicted octanol–water partition coefficient (Wildman–Crippen LogP) is 3.16. The second kappa shape index (κ2) is 8.83. The third-order valence-electron chi connectivity index (χ3n) is 4.03. The summed E-state index contributed by atoms with van der Waals surface area (Å²) in [5, 5.41) is 2.84. The summed E-state index contributed by atoms with van der Waals surface area (Å²) in [7, 11) is 0.659. The molecule has 6 nitrogen and oxygen atoms in total. The van der Waals surface area contributed by atoms with Gasteiger partial charge in [0.25, 0.3) is 0 Å². The lowest BCUT2D eigenvalue weighted by molar-refractivity contribution is -0.111. The second-order valence-corrected chi connectivity index (χ2v) is 8.15. The van der Waals surface area contributed by atoms with Crippen LogP contribution in [-0.4, -0.2) is 39.8 Å². The lowest BCUT2D eigenvalue weighted by atomic mass is 10.1. The summed E-state index contributed by atoms with van der Waals surface area (Å²) in [5.41, 5.74) is 2.39. The van der Waals surface area contributed by atoms with Crippen LogP contribution in [0.1, 0.15) is 18.1 Å². The van der Waals surface area contributed by atoms with E-state index in [4.69, 9.17) is 4.74 Å². The third-order valence-corrected chi connectivity index (χ3v) is 5.87. The highest BCUT2D eigenvalue weighted by atomic mass is 32.2. The van der Waals surface area contributed by atoms with Gasteiger partial charge in [-0.25, -0.2) is 12.7 Å². The monoisotopic (exact) mass is 388 g/mol. The number of para-hydroxylation sites is 1. The summed E-state index contributed by atoms with van der Waals surface area (Å²) in [6, 6.07) is 12.3. The second-order valence-electron chi connectivity index (χ2n) is 6.03. The van der Waals surface area contributed by atoms with Crippen molar-refractivity contribution in [3.8, 4) is 5.75 Å². The minimum absolute atomic E-state index is 0.0499. The first kappa shape index (κ1) is 20.7. The third kappa shape index (κ3) is 4.96. The van der Waals surface area contributed by atoms with Gasteiger partial charge in [0, 0.05) is 25.9 Å². The summed E-state index contributed by atoms with van der Waals surface area (Å²) in [6.07, 6.45) is 3.75. The molecule has 7 heteroatoms. The van der Waals surface area contributed by atoms with Crippen molar-refractivity contribution < 1.29 is 17.9 Å². The molecule has 1 amide bonds. The quantitative estimate of drug-likeness (QED) is 0.739. The van der Waals surface area contributed by atoms with Crippen LogP contribution in [0.15, 0.2) is 53.4 Å². The number of nitrogens with one attached hydrogen (secondary N) is 1. The van der Waals surface area contributed by atoms with Gasteiger partial charge in [0.2, 0.25) is 15.9 Å². The van der Waals surface area contributed by atoms with E-state index in [1.807, 2.05) is 31.2 Å². The summed E-state index contributed by atoms with van der Waals surface area (Å²) in [6.45, 7) is 2.02. The number of benzene rings is 2. The summed E-state index contributed by atoms with van der Waals surface area (Å²) in [4.78, 5) is 12.3. The smallest absolute Gasteiger partial charge is 0.248 e. The average Bonchev–Trinajstić information content (AvgIpc) is 2.66. The number of sulfonamides is 1. The van der Waals surface area contributed by atoms with E-state index in [1.165, 1.54) is 33.3 Å². The number of nitrogens with zero attached hydrogens (tertiary/aromatic N) is 1. The first-order valence-electron chi connectivity index (χ1n) is 8.47. The van der Waals surface area contributed by atoms with Crippen molar-refractivity contribution >= 4 is 27.7 Å². The van der Waals surface area contributed by atoms with Gasteiger partial charge in [-0.05, 0) is 41.8 Å². The van der Waals surface area contributed by atoms with Crippen LogP contribution in [0.5, 0.6) is 5.75 Å². The molecule has 0 atom stereocenters. The van der Waals surface area contributed by atoms with Crippen molar-refractivity contribution in [1.82, 2.24) is 4.31 Å². The number of methoxy groups -OCH3 is 1. The van der Waals surface area contributed by atoms with Crippen LogP contribution in [-0.2, 0) is 21.2 Å². The van der Waals surface area contributed by atoms with E-state index in [-0.39, 0.29) is 16.6 Å². The molecule has 0 radical (unpaired) electrons. The van der Waals surface area contributed by atoms with Crippen molar-refractivity contribution in [2.45, 2.75) is 18.2 Å². The zero-order chi connectivity index (χ0) is 20.0. The maximum Gasteiger partial charge on any atom is 0.248 e. The van der Waals surface area contributed by atoms with E-state index in [9.17, 15) is 13.2 Å². The molecule has 0 heterocycles. The van der Waals surface area contributed by atoms with E-state index in [0.29, 0.717) is 5.56 Å². The van der Waals surface area contributed by atoms with E-state index in [1.54, 1.807) is 18.2 Å². The fraction of sp³-hybridized carbons (Fsp3) is 0.250. The Labute approximate surface area is 160 Å². The molecule has 27 heavy (non-hydrogen) atoms. The van der Waals surface area contributed by atoms with E-state index < -0.39 is 10.0 Å². The molecule has 0 spiro atoms. The minimum Gasteiger partial charge on any atom is -0.495 e. The Hall–Kier alpha value is -2.64. The highest BCUT2D eigenvalue weighted by Crippen LogP contribution is 2.27. The Balaban J connectivity index is 2.25. The fourth-order valence-corrected chi connectivity index (χ4v) is 3.58. The normalized spacial score (nSPS) is 11.7. The van der Waals surface area contributed by atoms with Gasteiger partial charge >= 0.3 is 0 Å². The number of aryl methyl sites for hydroxylation is 1. The van der Waals surface area contributed by atoms with Gasteiger partial charge in [0.15, 0.2) is 0 Å². The average molecular weight is 388 g/mol. The molecule has 0 aliphatic heterocycles. The van der Waals surface area contributed by atoms with Gasteiger partial charge < -0.3 is 10.1 Å². The largest absolute Gasteiger partial charge is 0.495 e. The van der Waals surface area contributed by atoms with Crippen LogP contribution < -0.4 is 10.1 Å². The molecule has 0 aliphatic carbocycles. The van der Waals surface area contributed by atoms with E-state index >= 15 is 0 Å². The fourth-order valence-electron chi connectivity index (χ4n) is 2.49. The SMILES string of the molecule is CCc1ccccc1NC(=O)/C=C/c1ccc(OC)c(S(=O)(=O)N(C)C)c1. The molecule has 2 rings (SSSR count). The summed E-state index contributed by atoms with van der Waals surface area (Å²) in [5.74, 6) is -0.0362. The Morgan fingerprint density at radius 1 is 1.19 bits per heavy atom. The van der Waals surface area contributed by atoms with Gasteiger partial charge in [-0.1, -0.05) is 31.2 Å². The van der Waals surface area contributed by atoms with Crippen LogP contribution in [0.2, 0.25) is 0 Å². The molecule has 0 bridgehead atoms. The van der Waals surface area contributed by atoms with Gasteiger partial charge in [-0.3, -0.25) is 4.79 Å². The van der Waals surface area contributed by atoms with Gasteiger partial charge in [0.05, 0.1) is 7.11 Å². The molecule has 0 fully saturated rings. The first-order valence-corrected chi connectivity index (χ1v) is 9.91. The predicted molar refractivity (Wildman–Crippen MR) is 107 cm³/mol. The molecule has 1 N–H and O–H groups in total. The molecule has 2 aromatic carbocycles. The number of amides is 1. The Morgan fingerprint density at radius 3 is 2.52 bits per heavy atom. The highest BCUT2D eigenvalue weighted by molar-refractivity contribution is 7.89. The lowest BCUT2D eigenvalue weighted by Gasteiger charge is -2.15. The van der Waals surface area contributed by atoms with Crippen molar-refractivity contribution in [3.05, 3.63) is 59.7 Å². The number of hydrogen-bond donors (Lipinski definition) is 1. The topological polar surface area (TPSA) is 75.7 Å². The molecule has 0 aliphatic rings. The number of carbonyl (C=O) groups is 1. The van der Waals surface area contributed by atoms with Gasteiger partial charge in [0.1, 0.15) is 10.6 Å². The van der Waals surface area contributed by atoms with Crippen molar-refractivity contribution in [2.24, 2.45) is 0 Å². The Kier molecular flexibility index (Phi) is 6.76. The highest BCUT2D eigenvalue weighted by Gasteiger charge is 2.22. The molecule has 0 unspecified atom stereocenters. The molecular weight excluding hydrogens is 364 g/mol. The van der Waals surface area contributed by atoms with Crippen molar-refractivity contribution in [1.29, 1.82) is 0 Å². The van der Waals surface area contributed by atoms with Crippen LogP contribution in [0.4, 0.5) is 5.69 Å². The first-order chi connectivity index (χ1) is 12.8. The number of ether oxygens (including phenoxy) is 1. The van der Waals surface area contributed by atoms with Crippen molar-refractivity contribution in [3.63, 3.8) is 0 Å². The summed E-state index contributed by atoms with van der Waals surface area (Å²) >= 11 is 0. The lowest BCUT2D eigenvalue weighted by Crippen LogP contribution is -2.22. The van der Waals surface area contributed by atoms with Crippen LogP contribution >= 0.6 is 0 Å². The standard InChI is InChI=1S/C20H24N2O4S/c1-5-16-8-6-7-9-17(16)21-20(23)13-11-15-10-12-18(26-4)19(14-15)27(24,25)22(2)3/h6-14H,5H2,1-4H3,(H,21,23)/b13-11+. The molecule has 2 aromatic rings. The van der Waals surface area contributed by atoms with Crippen LogP contribution in [0, 0.1) is 0 Å². The number of carbonyl (C=O) groups excluding carboxylic acids is 1. The number of hydrogen-bond acceptors (Lipinski definition) is 4. The molecule has 0 aromatic heterocycles. The van der Waals surface area contributed by atoms with Gasteiger partial charge in [-0.15, -0.1) is 0 Å². The van der Waals surface area contributed by atoms with Crippen LogP contribution in [0.25, 0.3) is 6.08 Å². The Morgan fingerprint density at radius 2 is 1.89 bits per heavy atom. The zero-order valence-electron chi connectivity index (χ0n) is 15.9. The van der Waals surface area contributed by atoms with E-state index in [2.05, 4.69) is 5.32 Å². The summed E-state index contributed by atoms with van der Waals surface area (Å²) < 4.78 is 31.2. The zero-order valence-corrected chi connectivity index (χ0v) is 16.7. The molecular formula is C20H24N2O4S. The van der Waals surface area contributed by atoms with E-state index in [0.717, 1.165) is 22.0 Å². The van der Waals surface area contributed by atoms with Gasteiger partial charge in [-0.2, -0.15) is 0 Å². The molecule has 144 valence electrons. The minimum atomic E-state index is -3.66. The maximum absolute atomic E-state index is 12.5. The molecule has 0 saturated heterocycles. The Bertz CT molecular complexity index is 950. The van der Waals surface area contributed by atoms with Crippen molar-refractivity contribution in [2.75, 3.05) is 26.5 Å². The number of anilines is 1. The maximum atomic E-state index is 12.5.